The summed E-state index contributed by atoms with van der Waals surface area (Å²) in [7, 11) is 0. The second kappa shape index (κ2) is 4.73. The molecule has 0 bridgehead atoms. The van der Waals surface area contributed by atoms with Crippen LogP contribution in [0.1, 0.15) is 33.6 Å². The highest BCUT2D eigenvalue weighted by atomic mass is 16.3. The molecular formula is C9H21NO. The van der Waals surface area contributed by atoms with Crippen molar-refractivity contribution in [3.63, 3.8) is 0 Å². The lowest BCUT2D eigenvalue weighted by Crippen LogP contribution is -2.31. The first kappa shape index (κ1) is 10.9. The number of hydrogen-bond donors (Lipinski definition) is 2. The number of nitrogens with two attached hydrogens (primary N) is 1. The van der Waals surface area contributed by atoms with E-state index in [9.17, 15) is 0 Å². The van der Waals surface area contributed by atoms with Gasteiger partial charge < -0.3 is 10.8 Å². The Bertz CT molecular complexity index is 97.7. The molecule has 11 heavy (non-hydrogen) atoms. The SMILES string of the molecule is CC(C)CCC(C)(CN)CO. The highest BCUT2D eigenvalue weighted by molar-refractivity contribution is 4.74. The summed E-state index contributed by atoms with van der Waals surface area (Å²) >= 11 is 0. The molecule has 0 aromatic rings. The van der Waals surface area contributed by atoms with E-state index in [0.717, 1.165) is 12.8 Å². The van der Waals surface area contributed by atoms with E-state index < -0.39 is 0 Å². The van der Waals surface area contributed by atoms with E-state index in [1.165, 1.54) is 0 Å². The van der Waals surface area contributed by atoms with E-state index in [4.69, 9.17) is 10.8 Å². The van der Waals surface area contributed by atoms with Gasteiger partial charge in [0.25, 0.3) is 0 Å². The molecule has 0 aliphatic carbocycles. The maximum atomic E-state index is 9.02. The van der Waals surface area contributed by atoms with Gasteiger partial charge in [0.05, 0.1) is 0 Å². The molecule has 0 saturated carbocycles. The van der Waals surface area contributed by atoms with Gasteiger partial charge in [0.2, 0.25) is 0 Å². The summed E-state index contributed by atoms with van der Waals surface area (Å²) in [5.74, 6) is 0.701. The molecule has 0 fully saturated rings. The zero-order chi connectivity index (χ0) is 8.91. The van der Waals surface area contributed by atoms with Crippen LogP contribution in [-0.2, 0) is 0 Å². The van der Waals surface area contributed by atoms with Crippen LogP contribution in [0.5, 0.6) is 0 Å². The molecule has 0 rings (SSSR count). The Balaban J connectivity index is 3.69. The van der Waals surface area contributed by atoms with Gasteiger partial charge in [0.1, 0.15) is 0 Å². The standard InChI is InChI=1S/C9H21NO/c1-8(2)4-5-9(3,6-10)7-11/h8,11H,4-7,10H2,1-3H3. The van der Waals surface area contributed by atoms with E-state index in [-0.39, 0.29) is 12.0 Å². The second-order valence-corrected chi connectivity index (χ2v) is 4.11. The molecule has 0 aromatic heterocycles. The Morgan fingerprint density at radius 1 is 1.45 bits per heavy atom. The first-order valence-electron chi connectivity index (χ1n) is 4.35. The number of aliphatic hydroxyl groups is 1. The van der Waals surface area contributed by atoms with E-state index in [1.54, 1.807) is 0 Å². The number of hydrogen-bond acceptors (Lipinski definition) is 2. The first-order valence-corrected chi connectivity index (χ1v) is 4.35. The van der Waals surface area contributed by atoms with Gasteiger partial charge in [-0.1, -0.05) is 27.2 Å². The quantitative estimate of drug-likeness (QED) is 0.636. The largest absolute Gasteiger partial charge is 0.396 e. The van der Waals surface area contributed by atoms with Crippen molar-refractivity contribution < 1.29 is 5.11 Å². The Kier molecular flexibility index (Phi) is 4.69. The van der Waals surface area contributed by atoms with Crippen LogP contribution >= 0.6 is 0 Å². The Hall–Kier alpha value is -0.0800. The second-order valence-electron chi connectivity index (χ2n) is 4.11. The van der Waals surface area contributed by atoms with Crippen LogP contribution in [0.25, 0.3) is 0 Å². The average Bonchev–Trinajstić information content (AvgIpc) is 2.00. The third-order valence-electron chi connectivity index (χ3n) is 2.20. The molecule has 68 valence electrons. The number of rotatable bonds is 5. The molecule has 2 heteroatoms. The fraction of sp³-hybridized carbons (Fsp3) is 1.00. The zero-order valence-electron chi connectivity index (χ0n) is 7.93. The van der Waals surface area contributed by atoms with Crippen LogP contribution in [-0.4, -0.2) is 18.3 Å². The molecular weight excluding hydrogens is 138 g/mol. The molecule has 0 heterocycles. The fourth-order valence-electron chi connectivity index (χ4n) is 0.883. The topological polar surface area (TPSA) is 46.2 Å². The molecule has 0 amide bonds. The van der Waals surface area contributed by atoms with Crippen LogP contribution in [0.2, 0.25) is 0 Å². The van der Waals surface area contributed by atoms with Gasteiger partial charge in [0.15, 0.2) is 0 Å². The van der Waals surface area contributed by atoms with Crippen LogP contribution in [0, 0.1) is 11.3 Å². The molecule has 0 spiro atoms. The molecule has 0 aromatic carbocycles. The Labute approximate surface area is 69.8 Å². The highest BCUT2D eigenvalue weighted by Crippen LogP contribution is 2.23. The predicted octanol–water partition coefficient (Wildman–Crippen LogP) is 1.38. The van der Waals surface area contributed by atoms with E-state index in [0.29, 0.717) is 12.5 Å². The molecule has 3 N–H and O–H groups in total. The van der Waals surface area contributed by atoms with Gasteiger partial charge in [-0.15, -0.1) is 0 Å². The van der Waals surface area contributed by atoms with Gasteiger partial charge in [-0.2, -0.15) is 0 Å². The van der Waals surface area contributed by atoms with Crippen LogP contribution in [0.3, 0.4) is 0 Å². The predicted molar refractivity (Wildman–Crippen MR) is 48.3 cm³/mol. The summed E-state index contributed by atoms with van der Waals surface area (Å²) in [4.78, 5) is 0. The van der Waals surface area contributed by atoms with Gasteiger partial charge in [-0.05, 0) is 18.9 Å². The minimum atomic E-state index is -0.0513. The van der Waals surface area contributed by atoms with Crippen LogP contribution in [0.4, 0.5) is 0 Å². The Morgan fingerprint density at radius 2 is 2.00 bits per heavy atom. The summed E-state index contributed by atoms with van der Waals surface area (Å²) in [5, 5.41) is 9.02. The van der Waals surface area contributed by atoms with Gasteiger partial charge >= 0.3 is 0 Å². The number of aliphatic hydroxyl groups excluding tert-OH is 1. The van der Waals surface area contributed by atoms with E-state index in [2.05, 4.69) is 13.8 Å². The lowest BCUT2D eigenvalue weighted by molar-refractivity contribution is 0.133. The van der Waals surface area contributed by atoms with Crippen molar-refractivity contribution in [2.24, 2.45) is 17.1 Å². The van der Waals surface area contributed by atoms with Crippen molar-refractivity contribution in [2.45, 2.75) is 33.6 Å². The molecule has 0 aliphatic rings. The third kappa shape index (κ3) is 4.38. The lowest BCUT2D eigenvalue weighted by atomic mass is 9.84. The molecule has 0 radical (unpaired) electrons. The molecule has 0 saturated heterocycles. The summed E-state index contributed by atoms with van der Waals surface area (Å²) in [6, 6.07) is 0. The smallest absolute Gasteiger partial charge is 0.0496 e. The van der Waals surface area contributed by atoms with Gasteiger partial charge in [-0.25, -0.2) is 0 Å². The molecule has 0 aliphatic heterocycles. The summed E-state index contributed by atoms with van der Waals surface area (Å²) in [5.41, 5.74) is 5.49. The van der Waals surface area contributed by atoms with Crippen molar-refractivity contribution in [3.8, 4) is 0 Å². The van der Waals surface area contributed by atoms with Gasteiger partial charge in [0, 0.05) is 12.0 Å². The lowest BCUT2D eigenvalue weighted by Gasteiger charge is -2.25. The minimum Gasteiger partial charge on any atom is -0.396 e. The average molecular weight is 159 g/mol. The highest BCUT2D eigenvalue weighted by Gasteiger charge is 2.20. The first-order chi connectivity index (χ1) is 5.04. The molecule has 1 atom stereocenters. The van der Waals surface area contributed by atoms with Crippen molar-refractivity contribution >= 4 is 0 Å². The van der Waals surface area contributed by atoms with Crippen molar-refractivity contribution in [1.82, 2.24) is 0 Å². The normalized spacial score (nSPS) is 16.9. The Morgan fingerprint density at radius 3 is 2.27 bits per heavy atom. The van der Waals surface area contributed by atoms with E-state index in [1.807, 2.05) is 6.92 Å². The van der Waals surface area contributed by atoms with Gasteiger partial charge in [-0.3, -0.25) is 0 Å². The third-order valence-corrected chi connectivity index (χ3v) is 2.20. The van der Waals surface area contributed by atoms with Crippen LogP contribution in [0.15, 0.2) is 0 Å². The maximum absolute atomic E-state index is 9.02. The summed E-state index contributed by atoms with van der Waals surface area (Å²) < 4.78 is 0. The van der Waals surface area contributed by atoms with Crippen molar-refractivity contribution in [2.75, 3.05) is 13.2 Å². The zero-order valence-corrected chi connectivity index (χ0v) is 7.93. The van der Waals surface area contributed by atoms with Crippen molar-refractivity contribution in [1.29, 1.82) is 0 Å². The van der Waals surface area contributed by atoms with E-state index >= 15 is 0 Å². The summed E-state index contributed by atoms with van der Waals surface area (Å²) in [6.45, 7) is 7.20. The maximum Gasteiger partial charge on any atom is 0.0496 e. The minimum absolute atomic E-state index is 0.0513. The molecule has 2 nitrogen and oxygen atoms in total. The molecule has 1 unspecified atom stereocenters. The fourth-order valence-corrected chi connectivity index (χ4v) is 0.883. The monoisotopic (exact) mass is 159 g/mol. The van der Waals surface area contributed by atoms with Crippen LogP contribution < -0.4 is 5.73 Å². The summed E-state index contributed by atoms with van der Waals surface area (Å²) in [6.07, 6.45) is 2.17. The van der Waals surface area contributed by atoms with Crippen molar-refractivity contribution in [3.05, 3.63) is 0 Å².